The third kappa shape index (κ3) is 4.39. The smallest absolute Gasteiger partial charge is 0.267 e. The Kier molecular flexibility index (Phi) is 5.86. The number of carbonyl (C=O) groups is 1. The Morgan fingerprint density at radius 3 is 2.43 bits per heavy atom. The maximum Gasteiger partial charge on any atom is 0.267 e. The van der Waals surface area contributed by atoms with Gasteiger partial charge in [0.1, 0.15) is 0 Å². The minimum absolute atomic E-state index is 0.0575. The number of amides is 1. The van der Waals surface area contributed by atoms with Gasteiger partial charge in [-0.25, -0.2) is 4.99 Å². The van der Waals surface area contributed by atoms with Crippen LogP contribution in [0.25, 0.3) is 6.08 Å². The number of amidine groups is 1. The van der Waals surface area contributed by atoms with Gasteiger partial charge in [-0.15, -0.1) is 0 Å². The molecule has 1 aliphatic rings. The fraction of sp³-hybridized carbons (Fsp3) is 0.0833. The molecular weight excluding hydrogens is 396 g/mol. The standard InChI is InChI=1S/C24H20N2O3S/c1-29-21-14-18(12-13-20(21)27)15-22-23(28)26(16-17-8-4-2-5-9-17)24(30-22)25-19-10-6-3-7-11-19/h2-15,27H,16H2,1H3. The molecular formula is C24H20N2O3S. The third-order valence-corrected chi connectivity index (χ3v) is 5.56. The number of hydrogen-bond donors (Lipinski definition) is 1. The summed E-state index contributed by atoms with van der Waals surface area (Å²) in [5, 5.41) is 10.4. The zero-order valence-corrected chi connectivity index (χ0v) is 17.2. The molecule has 1 amide bonds. The van der Waals surface area contributed by atoms with E-state index in [2.05, 4.69) is 0 Å². The van der Waals surface area contributed by atoms with Gasteiger partial charge in [-0.3, -0.25) is 9.69 Å². The number of phenols is 1. The van der Waals surface area contributed by atoms with Gasteiger partial charge >= 0.3 is 0 Å². The second-order valence-corrected chi connectivity index (χ2v) is 7.66. The lowest BCUT2D eigenvalue weighted by molar-refractivity contribution is -0.122. The number of carbonyl (C=O) groups excluding carboxylic acids is 1. The average molecular weight is 417 g/mol. The number of hydrogen-bond acceptors (Lipinski definition) is 5. The lowest BCUT2D eigenvalue weighted by Crippen LogP contribution is -2.28. The highest BCUT2D eigenvalue weighted by Gasteiger charge is 2.33. The van der Waals surface area contributed by atoms with E-state index in [9.17, 15) is 9.90 Å². The van der Waals surface area contributed by atoms with Gasteiger partial charge in [0.2, 0.25) is 0 Å². The van der Waals surface area contributed by atoms with E-state index in [1.54, 1.807) is 29.2 Å². The first-order chi connectivity index (χ1) is 14.6. The van der Waals surface area contributed by atoms with Gasteiger partial charge < -0.3 is 9.84 Å². The van der Waals surface area contributed by atoms with Crippen molar-refractivity contribution in [2.24, 2.45) is 4.99 Å². The summed E-state index contributed by atoms with van der Waals surface area (Å²) in [6.07, 6.45) is 1.79. The largest absolute Gasteiger partial charge is 0.504 e. The number of methoxy groups -OCH3 is 1. The Labute approximate surface area is 179 Å². The van der Waals surface area contributed by atoms with Gasteiger partial charge in [-0.1, -0.05) is 54.6 Å². The van der Waals surface area contributed by atoms with E-state index >= 15 is 0 Å². The Hall–Kier alpha value is -3.51. The minimum Gasteiger partial charge on any atom is -0.504 e. The molecule has 0 atom stereocenters. The maximum absolute atomic E-state index is 13.2. The number of aliphatic imine (C=N–C) groups is 1. The predicted octanol–water partition coefficient (Wildman–Crippen LogP) is 5.21. The van der Waals surface area contributed by atoms with Crippen LogP contribution in [0.3, 0.4) is 0 Å². The van der Waals surface area contributed by atoms with Crippen molar-refractivity contribution in [1.29, 1.82) is 0 Å². The van der Waals surface area contributed by atoms with Crippen LogP contribution in [-0.2, 0) is 11.3 Å². The van der Waals surface area contributed by atoms with Gasteiger partial charge in [-0.05, 0) is 53.2 Å². The minimum atomic E-state index is -0.106. The molecule has 0 bridgehead atoms. The van der Waals surface area contributed by atoms with Crippen LogP contribution in [0.4, 0.5) is 5.69 Å². The van der Waals surface area contributed by atoms with E-state index in [1.165, 1.54) is 18.9 Å². The van der Waals surface area contributed by atoms with Crippen LogP contribution in [0.1, 0.15) is 11.1 Å². The SMILES string of the molecule is COc1cc(C=C2SC(=Nc3ccccc3)N(Cc3ccccc3)C2=O)ccc1O. The average Bonchev–Trinajstić information content (AvgIpc) is 3.05. The molecule has 1 saturated heterocycles. The van der Waals surface area contributed by atoms with Crippen molar-refractivity contribution in [3.63, 3.8) is 0 Å². The number of aromatic hydroxyl groups is 1. The summed E-state index contributed by atoms with van der Waals surface area (Å²) in [5.41, 5.74) is 2.58. The van der Waals surface area contributed by atoms with E-state index in [4.69, 9.17) is 9.73 Å². The molecule has 150 valence electrons. The molecule has 1 N–H and O–H groups in total. The molecule has 0 spiro atoms. The summed E-state index contributed by atoms with van der Waals surface area (Å²) >= 11 is 1.34. The zero-order valence-electron chi connectivity index (χ0n) is 16.4. The molecule has 1 aliphatic heterocycles. The first kappa shape index (κ1) is 19.8. The molecule has 3 aromatic rings. The van der Waals surface area contributed by atoms with E-state index in [0.717, 1.165) is 16.8 Å². The Balaban J connectivity index is 1.70. The van der Waals surface area contributed by atoms with Crippen molar-refractivity contribution in [3.8, 4) is 11.5 Å². The monoisotopic (exact) mass is 416 g/mol. The van der Waals surface area contributed by atoms with E-state index in [-0.39, 0.29) is 11.7 Å². The van der Waals surface area contributed by atoms with Crippen molar-refractivity contribution in [2.45, 2.75) is 6.54 Å². The highest BCUT2D eigenvalue weighted by molar-refractivity contribution is 8.18. The molecule has 0 unspecified atom stereocenters. The molecule has 0 saturated carbocycles. The molecule has 1 heterocycles. The number of thioether (sulfide) groups is 1. The van der Waals surface area contributed by atoms with Crippen molar-refractivity contribution >= 4 is 34.6 Å². The number of nitrogens with zero attached hydrogens (tertiary/aromatic N) is 2. The van der Waals surface area contributed by atoms with Gasteiger partial charge in [0, 0.05) is 0 Å². The first-order valence-electron chi connectivity index (χ1n) is 9.40. The van der Waals surface area contributed by atoms with Crippen molar-refractivity contribution < 1.29 is 14.6 Å². The van der Waals surface area contributed by atoms with E-state index in [1.807, 2.05) is 60.7 Å². The summed E-state index contributed by atoms with van der Waals surface area (Å²) in [6.45, 7) is 0.439. The normalized spacial score (nSPS) is 16.4. The molecule has 0 aromatic heterocycles. The topological polar surface area (TPSA) is 62.1 Å². The predicted molar refractivity (Wildman–Crippen MR) is 121 cm³/mol. The molecule has 1 fully saturated rings. The number of ether oxygens (including phenoxy) is 1. The van der Waals surface area contributed by atoms with Gasteiger partial charge in [0.05, 0.1) is 24.2 Å². The van der Waals surface area contributed by atoms with Gasteiger partial charge in [0.15, 0.2) is 16.7 Å². The molecule has 3 aromatic carbocycles. The fourth-order valence-corrected chi connectivity index (χ4v) is 4.04. The van der Waals surface area contributed by atoms with Crippen LogP contribution in [-0.4, -0.2) is 28.2 Å². The van der Waals surface area contributed by atoms with Crippen molar-refractivity contribution in [3.05, 3.63) is 94.9 Å². The highest BCUT2D eigenvalue weighted by atomic mass is 32.2. The second-order valence-electron chi connectivity index (χ2n) is 6.65. The number of benzene rings is 3. The molecule has 5 nitrogen and oxygen atoms in total. The van der Waals surface area contributed by atoms with Crippen LogP contribution in [0, 0.1) is 0 Å². The Morgan fingerprint density at radius 2 is 1.73 bits per heavy atom. The van der Waals surface area contributed by atoms with Crippen LogP contribution < -0.4 is 4.74 Å². The molecule has 0 radical (unpaired) electrons. The van der Waals surface area contributed by atoms with Crippen LogP contribution in [0.5, 0.6) is 11.5 Å². The molecule has 30 heavy (non-hydrogen) atoms. The van der Waals surface area contributed by atoms with E-state index < -0.39 is 0 Å². The van der Waals surface area contributed by atoms with Crippen molar-refractivity contribution in [1.82, 2.24) is 4.90 Å². The summed E-state index contributed by atoms with van der Waals surface area (Å²) in [5.74, 6) is 0.312. The Bertz CT molecular complexity index is 1110. The molecule has 6 heteroatoms. The van der Waals surface area contributed by atoms with Gasteiger partial charge in [-0.2, -0.15) is 0 Å². The maximum atomic E-state index is 13.2. The third-order valence-electron chi connectivity index (χ3n) is 4.55. The quantitative estimate of drug-likeness (QED) is 0.581. The van der Waals surface area contributed by atoms with Gasteiger partial charge in [0.25, 0.3) is 5.91 Å². The van der Waals surface area contributed by atoms with Crippen LogP contribution in [0.15, 0.2) is 88.8 Å². The molecule has 0 aliphatic carbocycles. The summed E-state index contributed by atoms with van der Waals surface area (Å²) in [6, 6.07) is 24.4. The number of phenolic OH excluding ortho intramolecular Hbond substituents is 1. The lowest BCUT2D eigenvalue weighted by Gasteiger charge is -2.15. The van der Waals surface area contributed by atoms with Crippen LogP contribution >= 0.6 is 11.8 Å². The zero-order chi connectivity index (χ0) is 20.9. The lowest BCUT2D eigenvalue weighted by atomic mass is 10.1. The molecule has 4 rings (SSSR count). The Morgan fingerprint density at radius 1 is 1.03 bits per heavy atom. The van der Waals surface area contributed by atoms with E-state index in [0.29, 0.717) is 22.4 Å². The summed E-state index contributed by atoms with van der Waals surface area (Å²) in [4.78, 5) is 20.2. The first-order valence-corrected chi connectivity index (χ1v) is 10.2. The fourth-order valence-electron chi connectivity index (χ4n) is 3.05. The second kappa shape index (κ2) is 8.88. The highest BCUT2D eigenvalue weighted by Crippen LogP contribution is 2.36. The summed E-state index contributed by atoms with van der Waals surface area (Å²) < 4.78 is 5.17. The summed E-state index contributed by atoms with van der Waals surface area (Å²) in [7, 11) is 1.49. The number of para-hydroxylation sites is 1. The number of rotatable bonds is 5. The van der Waals surface area contributed by atoms with Crippen molar-refractivity contribution in [2.75, 3.05) is 7.11 Å². The van der Waals surface area contributed by atoms with Crippen LogP contribution in [0.2, 0.25) is 0 Å².